The molecule has 0 aliphatic heterocycles. The third-order valence-corrected chi connectivity index (χ3v) is 2.93. The predicted molar refractivity (Wildman–Crippen MR) is 72.3 cm³/mol. The molecule has 2 aromatic carbocycles. The van der Waals surface area contributed by atoms with Crippen LogP contribution in [0.1, 0.15) is 11.1 Å². The fraction of sp³-hybridized carbons (Fsp3) is 0.200. The molecule has 0 unspecified atom stereocenters. The summed E-state index contributed by atoms with van der Waals surface area (Å²) >= 11 is 0. The lowest BCUT2D eigenvalue weighted by atomic mass is 9.98. The molecule has 0 bridgehead atoms. The Labute approximate surface area is 102 Å². The molecule has 0 amide bonds. The average Bonchev–Trinajstić information content (AvgIpc) is 2.32. The van der Waals surface area contributed by atoms with Gasteiger partial charge >= 0.3 is 0 Å². The van der Waals surface area contributed by atoms with Gasteiger partial charge in [0.15, 0.2) is 0 Å². The molecule has 2 rings (SSSR count). The smallest absolute Gasteiger partial charge is 0.141 e. The molecule has 0 fully saturated rings. The van der Waals surface area contributed by atoms with Crippen molar-refractivity contribution in [2.45, 2.75) is 13.8 Å². The SMILES string of the molecule is COc1ccc(-c2cc(C)ccc2C)cc1N. The van der Waals surface area contributed by atoms with Crippen LogP contribution in [0.25, 0.3) is 11.1 Å². The van der Waals surface area contributed by atoms with Crippen molar-refractivity contribution in [2.75, 3.05) is 12.8 Å². The summed E-state index contributed by atoms with van der Waals surface area (Å²) in [5, 5.41) is 0. The minimum Gasteiger partial charge on any atom is -0.495 e. The van der Waals surface area contributed by atoms with Crippen molar-refractivity contribution in [3.05, 3.63) is 47.5 Å². The number of hydrogen-bond acceptors (Lipinski definition) is 2. The molecule has 0 aliphatic rings. The second-order valence-electron chi connectivity index (χ2n) is 4.28. The van der Waals surface area contributed by atoms with Crippen LogP contribution in [0.15, 0.2) is 36.4 Å². The second kappa shape index (κ2) is 4.50. The average molecular weight is 227 g/mol. The Bertz CT molecular complexity index is 547. The number of hydrogen-bond donors (Lipinski definition) is 1. The van der Waals surface area contributed by atoms with Gasteiger partial charge in [-0.2, -0.15) is 0 Å². The summed E-state index contributed by atoms with van der Waals surface area (Å²) in [5.41, 5.74) is 11.5. The lowest BCUT2D eigenvalue weighted by Gasteiger charge is -2.10. The molecule has 0 radical (unpaired) electrons. The van der Waals surface area contributed by atoms with E-state index in [4.69, 9.17) is 10.5 Å². The van der Waals surface area contributed by atoms with Crippen LogP contribution in [-0.2, 0) is 0 Å². The molecule has 0 atom stereocenters. The summed E-state index contributed by atoms with van der Waals surface area (Å²) in [6, 6.07) is 12.3. The van der Waals surface area contributed by atoms with E-state index in [-0.39, 0.29) is 0 Å². The van der Waals surface area contributed by atoms with E-state index in [0.29, 0.717) is 5.69 Å². The first kappa shape index (κ1) is 11.5. The number of rotatable bonds is 2. The minimum atomic E-state index is 0.672. The number of nitrogens with two attached hydrogens (primary N) is 1. The van der Waals surface area contributed by atoms with Crippen molar-refractivity contribution in [1.29, 1.82) is 0 Å². The van der Waals surface area contributed by atoms with Gasteiger partial charge in [-0.25, -0.2) is 0 Å². The predicted octanol–water partition coefficient (Wildman–Crippen LogP) is 3.56. The molecule has 2 N–H and O–H groups in total. The number of benzene rings is 2. The lowest BCUT2D eigenvalue weighted by Crippen LogP contribution is -1.93. The molecular formula is C15H17NO. The summed E-state index contributed by atoms with van der Waals surface area (Å²) in [7, 11) is 1.63. The van der Waals surface area contributed by atoms with Gasteiger partial charge < -0.3 is 10.5 Å². The van der Waals surface area contributed by atoms with Gasteiger partial charge in [0.1, 0.15) is 5.75 Å². The number of nitrogen functional groups attached to an aromatic ring is 1. The summed E-state index contributed by atoms with van der Waals surface area (Å²) in [5.74, 6) is 0.721. The van der Waals surface area contributed by atoms with E-state index in [1.165, 1.54) is 16.7 Å². The van der Waals surface area contributed by atoms with Gasteiger partial charge in [0.05, 0.1) is 12.8 Å². The zero-order chi connectivity index (χ0) is 12.4. The topological polar surface area (TPSA) is 35.2 Å². The quantitative estimate of drug-likeness (QED) is 0.796. The maximum Gasteiger partial charge on any atom is 0.141 e. The number of aryl methyl sites for hydroxylation is 2. The van der Waals surface area contributed by atoms with E-state index >= 15 is 0 Å². The zero-order valence-electron chi connectivity index (χ0n) is 10.4. The van der Waals surface area contributed by atoms with Crippen LogP contribution in [0, 0.1) is 13.8 Å². The first-order chi connectivity index (χ1) is 8.11. The van der Waals surface area contributed by atoms with E-state index < -0.39 is 0 Å². The van der Waals surface area contributed by atoms with Gasteiger partial charge in [0.2, 0.25) is 0 Å². The van der Waals surface area contributed by atoms with Crippen LogP contribution in [-0.4, -0.2) is 7.11 Å². The van der Waals surface area contributed by atoms with Crippen molar-refractivity contribution in [1.82, 2.24) is 0 Å². The maximum atomic E-state index is 5.93. The summed E-state index contributed by atoms with van der Waals surface area (Å²) < 4.78 is 5.16. The molecule has 2 heteroatoms. The highest BCUT2D eigenvalue weighted by molar-refractivity contribution is 5.73. The fourth-order valence-electron chi connectivity index (χ4n) is 1.95. The normalized spacial score (nSPS) is 10.3. The van der Waals surface area contributed by atoms with Crippen LogP contribution in [0.3, 0.4) is 0 Å². The molecule has 88 valence electrons. The molecule has 0 spiro atoms. The van der Waals surface area contributed by atoms with E-state index in [2.05, 4.69) is 32.0 Å². The van der Waals surface area contributed by atoms with E-state index in [9.17, 15) is 0 Å². The molecule has 17 heavy (non-hydrogen) atoms. The van der Waals surface area contributed by atoms with Gasteiger partial charge in [-0.15, -0.1) is 0 Å². The van der Waals surface area contributed by atoms with Crippen molar-refractivity contribution < 1.29 is 4.74 Å². The molecule has 0 saturated carbocycles. The molecule has 0 saturated heterocycles. The summed E-state index contributed by atoms with van der Waals surface area (Å²) in [6.45, 7) is 4.20. The van der Waals surface area contributed by atoms with Crippen LogP contribution in [0.5, 0.6) is 5.75 Å². The monoisotopic (exact) mass is 227 g/mol. The fourth-order valence-corrected chi connectivity index (χ4v) is 1.95. The van der Waals surface area contributed by atoms with Gasteiger partial charge in [0.25, 0.3) is 0 Å². The Morgan fingerprint density at radius 2 is 1.76 bits per heavy atom. The largest absolute Gasteiger partial charge is 0.495 e. The van der Waals surface area contributed by atoms with Crippen molar-refractivity contribution in [3.8, 4) is 16.9 Å². The minimum absolute atomic E-state index is 0.672. The molecule has 0 heterocycles. The Morgan fingerprint density at radius 1 is 1.00 bits per heavy atom. The maximum absolute atomic E-state index is 5.93. The van der Waals surface area contributed by atoms with E-state index in [0.717, 1.165) is 11.3 Å². The number of anilines is 1. The Kier molecular flexibility index (Phi) is 3.05. The van der Waals surface area contributed by atoms with Crippen molar-refractivity contribution in [3.63, 3.8) is 0 Å². The highest BCUT2D eigenvalue weighted by Gasteiger charge is 2.05. The number of ether oxygens (including phenoxy) is 1. The highest BCUT2D eigenvalue weighted by Crippen LogP contribution is 2.30. The van der Waals surface area contributed by atoms with Crippen molar-refractivity contribution >= 4 is 5.69 Å². The van der Waals surface area contributed by atoms with Crippen LogP contribution >= 0.6 is 0 Å². The third-order valence-electron chi connectivity index (χ3n) is 2.93. The van der Waals surface area contributed by atoms with E-state index in [1.54, 1.807) is 7.11 Å². The molecule has 2 nitrogen and oxygen atoms in total. The molecule has 0 aliphatic carbocycles. The second-order valence-corrected chi connectivity index (χ2v) is 4.28. The summed E-state index contributed by atoms with van der Waals surface area (Å²) in [6.07, 6.45) is 0. The summed E-state index contributed by atoms with van der Waals surface area (Å²) in [4.78, 5) is 0. The van der Waals surface area contributed by atoms with Crippen LogP contribution in [0.4, 0.5) is 5.69 Å². The Balaban J connectivity index is 2.53. The van der Waals surface area contributed by atoms with Crippen molar-refractivity contribution in [2.24, 2.45) is 0 Å². The zero-order valence-corrected chi connectivity index (χ0v) is 10.4. The third kappa shape index (κ3) is 2.26. The Morgan fingerprint density at radius 3 is 2.41 bits per heavy atom. The van der Waals surface area contributed by atoms with Gasteiger partial charge in [-0.1, -0.05) is 29.8 Å². The number of methoxy groups -OCH3 is 1. The molecule has 2 aromatic rings. The molecular weight excluding hydrogens is 210 g/mol. The molecule has 0 aromatic heterocycles. The lowest BCUT2D eigenvalue weighted by molar-refractivity contribution is 0.417. The standard InChI is InChI=1S/C15H17NO/c1-10-4-5-11(2)13(8-10)12-6-7-15(17-3)14(16)9-12/h4-9H,16H2,1-3H3. The van der Waals surface area contributed by atoms with Gasteiger partial charge in [-0.05, 0) is 42.7 Å². The Hall–Kier alpha value is -1.96. The first-order valence-corrected chi connectivity index (χ1v) is 5.63. The first-order valence-electron chi connectivity index (χ1n) is 5.63. The highest BCUT2D eigenvalue weighted by atomic mass is 16.5. The van der Waals surface area contributed by atoms with Crippen LogP contribution < -0.4 is 10.5 Å². The van der Waals surface area contributed by atoms with E-state index in [1.807, 2.05) is 18.2 Å². The van der Waals surface area contributed by atoms with Gasteiger partial charge in [0, 0.05) is 0 Å². The van der Waals surface area contributed by atoms with Crippen LogP contribution in [0.2, 0.25) is 0 Å². The van der Waals surface area contributed by atoms with Gasteiger partial charge in [-0.3, -0.25) is 0 Å².